The lowest BCUT2D eigenvalue weighted by Crippen LogP contribution is -2.45. The van der Waals surface area contributed by atoms with Crippen molar-refractivity contribution in [2.45, 2.75) is 56.4 Å². The maximum absolute atomic E-state index is 13.5. The Hall–Kier alpha value is -3.62. The van der Waals surface area contributed by atoms with Crippen molar-refractivity contribution in [1.29, 1.82) is 5.41 Å². The second-order valence-corrected chi connectivity index (χ2v) is 12.1. The number of halogens is 1. The predicted octanol–water partition coefficient (Wildman–Crippen LogP) is 6.78. The maximum atomic E-state index is 13.5. The van der Waals surface area contributed by atoms with E-state index in [1.807, 2.05) is 16.9 Å². The van der Waals surface area contributed by atoms with Crippen LogP contribution in [0.15, 0.2) is 84.0 Å². The Kier molecular flexibility index (Phi) is 8.57. The second kappa shape index (κ2) is 12.3. The minimum absolute atomic E-state index is 0.162. The average Bonchev–Trinajstić information content (AvgIpc) is 3.44. The van der Waals surface area contributed by atoms with Crippen LogP contribution in [0.25, 0.3) is 0 Å². The molecule has 0 amide bonds. The van der Waals surface area contributed by atoms with Crippen LogP contribution in [0.2, 0.25) is 0 Å². The van der Waals surface area contributed by atoms with Crippen molar-refractivity contribution in [2.75, 3.05) is 18.4 Å². The van der Waals surface area contributed by atoms with Gasteiger partial charge in [-0.3, -0.25) is 4.68 Å². The summed E-state index contributed by atoms with van der Waals surface area (Å²) in [6, 6.07) is 21.0. The molecule has 5 rings (SSSR count). The van der Waals surface area contributed by atoms with Crippen LogP contribution in [0.4, 0.5) is 15.8 Å². The van der Waals surface area contributed by atoms with Crippen LogP contribution < -0.4 is 5.32 Å². The Morgan fingerprint density at radius 1 is 1.10 bits per heavy atom. The highest BCUT2D eigenvalue weighted by Gasteiger charge is 2.39. The fourth-order valence-corrected chi connectivity index (χ4v) is 6.92. The summed E-state index contributed by atoms with van der Waals surface area (Å²) in [5.41, 5.74) is 5.84. The van der Waals surface area contributed by atoms with Gasteiger partial charge in [0, 0.05) is 54.4 Å². The molecule has 0 saturated carbocycles. The van der Waals surface area contributed by atoms with Crippen molar-refractivity contribution >= 4 is 28.6 Å². The van der Waals surface area contributed by atoms with Gasteiger partial charge in [0.05, 0.1) is 11.1 Å². The van der Waals surface area contributed by atoms with Crippen LogP contribution in [0.1, 0.15) is 48.4 Å². The molecule has 2 heterocycles. The summed E-state index contributed by atoms with van der Waals surface area (Å²) < 4.78 is 30.8. The zero-order valence-corrected chi connectivity index (χ0v) is 23.9. The summed E-state index contributed by atoms with van der Waals surface area (Å²) in [6.07, 6.45) is 8.55. The Balaban J connectivity index is 1.44. The van der Waals surface area contributed by atoms with Crippen molar-refractivity contribution in [3.05, 3.63) is 107 Å². The Morgan fingerprint density at radius 3 is 2.50 bits per heavy atom. The lowest BCUT2D eigenvalue weighted by Gasteiger charge is -2.43. The summed E-state index contributed by atoms with van der Waals surface area (Å²) >= 11 is 0. The quantitative estimate of drug-likeness (QED) is 0.211. The van der Waals surface area contributed by atoms with Crippen molar-refractivity contribution < 1.29 is 8.60 Å². The third-order valence-electron chi connectivity index (χ3n) is 7.81. The molecule has 0 aliphatic carbocycles. The Labute approximate surface area is 238 Å². The molecular weight excluding hydrogens is 521 g/mol. The lowest BCUT2D eigenvalue weighted by molar-refractivity contribution is 0.236. The topological polar surface area (TPSA) is 74.0 Å². The van der Waals surface area contributed by atoms with E-state index < -0.39 is 11.0 Å². The van der Waals surface area contributed by atoms with E-state index in [4.69, 9.17) is 5.41 Å². The summed E-state index contributed by atoms with van der Waals surface area (Å²) in [5, 5.41) is 15.9. The first-order valence-corrected chi connectivity index (χ1v) is 14.9. The summed E-state index contributed by atoms with van der Waals surface area (Å²) in [6.45, 7) is 6.45. The first-order valence-electron chi connectivity index (χ1n) is 13.8. The van der Waals surface area contributed by atoms with Gasteiger partial charge in [0.2, 0.25) is 0 Å². The number of nitrogens with one attached hydrogen (secondary N) is 2. The molecular formula is C32H36FN5OS. The largest absolute Gasteiger partial charge is 0.355 e. The smallest absolute Gasteiger partial charge is 0.130 e. The summed E-state index contributed by atoms with van der Waals surface area (Å²) in [5.74, 6) is -0.283. The molecule has 208 valence electrons. The van der Waals surface area contributed by atoms with Crippen LogP contribution in [0, 0.1) is 18.2 Å². The third kappa shape index (κ3) is 6.08. The van der Waals surface area contributed by atoms with Gasteiger partial charge in [0.25, 0.3) is 0 Å². The molecule has 8 heteroatoms. The van der Waals surface area contributed by atoms with Crippen LogP contribution in [0.5, 0.6) is 0 Å². The van der Waals surface area contributed by atoms with Gasteiger partial charge in [-0.05, 0) is 85.7 Å². The molecule has 1 unspecified atom stereocenters. The predicted molar refractivity (Wildman–Crippen MR) is 160 cm³/mol. The van der Waals surface area contributed by atoms with E-state index in [-0.39, 0.29) is 11.2 Å². The molecule has 2 N–H and O–H groups in total. The number of aryl methyl sites for hydroxylation is 2. The molecule has 0 bridgehead atoms. The molecule has 0 radical (unpaired) electrons. The van der Waals surface area contributed by atoms with Gasteiger partial charge in [0.15, 0.2) is 0 Å². The van der Waals surface area contributed by atoms with Gasteiger partial charge >= 0.3 is 0 Å². The van der Waals surface area contributed by atoms with Gasteiger partial charge < -0.3 is 10.7 Å². The molecule has 40 heavy (non-hydrogen) atoms. The van der Waals surface area contributed by atoms with Crippen LogP contribution >= 0.6 is 0 Å². The molecule has 6 nitrogen and oxygen atoms in total. The fourth-order valence-electron chi connectivity index (χ4n) is 5.76. The first kappa shape index (κ1) is 27.9. The molecule has 1 aliphatic rings. The van der Waals surface area contributed by atoms with Crippen molar-refractivity contribution in [3.63, 3.8) is 0 Å². The van der Waals surface area contributed by atoms with Crippen molar-refractivity contribution in [1.82, 2.24) is 14.1 Å². The van der Waals surface area contributed by atoms with Crippen LogP contribution in [-0.4, -0.2) is 37.6 Å². The van der Waals surface area contributed by atoms with Crippen LogP contribution in [0.3, 0.4) is 0 Å². The van der Waals surface area contributed by atoms with E-state index >= 15 is 0 Å². The molecule has 1 saturated heterocycles. The molecule has 1 atom stereocenters. The molecule has 1 aromatic heterocycles. The van der Waals surface area contributed by atoms with Gasteiger partial charge in [-0.15, -0.1) is 0 Å². The minimum Gasteiger partial charge on any atom is -0.355 e. The number of rotatable bonds is 10. The molecule has 1 fully saturated rings. The molecule has 3 aromatic carbocycles. The van der Waals surface area contributed by atoms with Gasteiger partial charge in [-0.1, -0.05) is 37.3 Å². The zero-order valence-electron chi connectivity index (χ0n) is 23.1. The van der Waals surface area contributed by atoms with Crippen molar-refractivity contribution in [2.24, 2.45) is 0 Å². The lowest BCUT2D eigenvalue weighted by atomic mass is 9.67. The second-order valence-electron chi connectivity index (χ2n) is 10.6. The van der Waals surface area contributed by atoms with E-state index in [2.05, 4.69) is 65.0 Å². The van der Waals surface area contributed by atoms with Crippen molar-refractivity contribution in [3.8, 4) is 0 Å². The number of hydrogen-bond acceptors (Lipinski definition) is 4. The van der Waals surface area contributed by atoms with E-state index in [1.165, 1.54) is 29.5 Å². The molecule has 4 aromatic rings. The van der Waals surface area contributed by atoms with Gasteiger partial charge in [-0.2, -0.15) is 5.10 Å². The third-order valence-corrected chi connectivity index (χ3v) is 9.26. The van der Waals surface area contributed by atoms with E-state index in [0.29, 0.717) is 13.1 Å². The highest BCUT2D eigenvalue weighted by molar-refractivity contribution is 7.82. The number of hydrogen-bond donors (Lipinski definition) is 2. The monoisotopic (exact) mass is 557 g/mol. The maximum Gasteiger partial charge on any atom is 0.130 e. The SMILES string of the molecule is CCCn1cc(S(=O)N2CCC(Cc3ccccc3)(c3cc(C=N)c(Nc4ccc(F)cc4)cc3C)CC2)cn1. The van der Waals surface area contributed by atoms with Gasteiger partial charge in [0.1, 0.15) is 16.8 Å². The number of aromatic nitrogens is 2. The number of nitrogens with zero attached hydrogens (tertiary/aromatic N) is 3. The van der Waals surface area contributed by atoms with Gasteiger partial charge in [-0.25, -0.2) is 12.9 Å². The highest BCUT2D eigenvalue weighted by Crippen LogP contribution is 2.42. The van der Waals surface area contributed by atoms with Crippen LogP contribution in [-0.2, 0) is 29.4 Å². The molecule has 0 spiro atoms. The van der Waals surface area contributed by atoms with E-state index in [1.54, 1.807) is 18.3 Å². The number of anilines is 2. The standard InChI is InChI=1S/C32H36FN5OS/c1-3-15-37-23-29(22-35-37)40(39)38-16-13-32(14-17-38,20-25-7-5-4-6-8-25)30-19-26(21-34)31(18-24(30)2)36-28-11-9-27(33)10-12-28/h4-12,18-19,21-23,34,36H,3,13-17,20H2,1-2H3. The Morgan fingerprint density at radius 2 is 1.82 bits per heavy atom. The summed E-state index contributed by atoms with van der Waals surface area (Å²) in [7, 11) is -1.25. The fraction of sp³-hybridized carbons (Fsp3) is 0.312. The van der Waals surface area contributed by atoms with E-state index in [0.717, 1.165) is 59.6 Å². The minimum atomic E-state index is -1.25. The average molecular weight is 558 g/mol. The molecule has 1 aliphatic heterocycles. The summed E-state index contributed by atoms with van der Waals surface area (Å²) in [4.78, 5) is 0.752. The van der Waals surface area contributed by atoms with E-state index in [9.17, 15) is 8.60 Å². The number of piperidine rings is 1. The Bertz CT molecular complexity index is 1480. The number of benzene rings is 3. The highest BCUT2D eigenvalue weighted by atomic mass is 32.2. The zero-order chi connectivity index (χ0) is 28.1. The first-order chi connectivity index (χ1) is 19.4. The normalized spacial score (nSPS) is 16.0.